The van der Waals surface area contributed by atoms with Gasteiger partial charge in [0.15, 0.2) is 0 Å². The molecule has 0 radical (unpaired) electrons. The van der Waals surface area contributed by atoms with Crippen molar-refractivity contribution >= 4 is 5.69 Å². The Balaban J connectivity index is 2.06. The van der Waals surface area contributed by atoms with Crippen LogP contribution >= 0.6 is 0 Å². The summed E-state index contributed by atoms with van der Waals surface area (Å²) in [5.41, 5.74) is 1.15. The van der Waals surface area contributed by atoms with E-state index < -0.39 is 0 Å². The van der Waals surface area contributed by atoms with Gasteiger partial charge in [-0.05, 0) is 37.8 Å². The molecule has 1 aromatic rings. The largest absolute Gasteiger partial charge is 0.492 e. The predicted molar refractivity (Wildman–Crippen MR) is 72.7 cm³/mol. The number of hydrogen-bond acceptors (Lipinski definition) is 2. The first-order chi connectivity index (χ1) is 8.31. The van der Waals surface area contributed by atoms with Crippen molar-refractivity contribution in [3.63, 3.8) is 0 Å². The van der Waals surface area contributed by atoms with Gasteiger partial charge >= 0.3 is 0 Å². The summed E-state index contributed by atoms with van der Waals surface area (Å²) in [6, 6.07) is 8.86. The van der Waals surface area contributed by atoms with Crippen LogP contribution in [0, 0.1) is 5.92 Å². The Bertz CT molecular complexity index is 351. The molecule has 2 nitrogen and oxygen atoms in total. The Kier molecular flexibility index (Phi) is 4.29. The zero-order valence-electron chi connectivity index (χ0n) is 10.9. The van der Waals surface area contributed by atoms with E-state index in [1.807, 2.05) is 19.1 Å². The second kappa shape index (κ2) is 5.95. The van der Waals surface area contributed by atoms with Gasteiger partial charge in [-0.3, -0.25) is 0 Å². The summed E-state index contributed by atoms with van der Waals surface area (Å²) in [7, 11) is 0. The fraction of sp³-hybridized carbons (Fsp3) is 0.600. The zero-order valence-corrected chi connectivity index (χ0v) is 10.9. The summed E-state index contributed by atoms with van der Waals surface area (Å²) in [6.45, 7) is 5.10. The van der Waals surface area contributed by atoms with Gasteiger partial charge in [0.2, 0.25) is 0 Å². The van der Waals surface area contributed by atoms with Crippen LogP contribution in [0.5, 0.6) is 5.75 Å². The predicted octanol–water partition coefficient (Wildman–Crippen LogP) is 4.08. The summed E-state index contributed by atoms with van der Waals surface area (Å²) in [6.07, 6.45) is 5.35. The highest BCUT2D eigenvalue weighted by molar-refractivity contribution is 5.56. The number of benzene rings is 1. The first-order valence-electron chi connectivity index (χ1n) is 6.79. The van der Waals surface area contributed by atoms with Crippen LogP contribution in [0.25, 0.3) is 0 Å². The van der Waals surface area contributed by atoms with E-state index in [0.29, 0.717) is 6.04 Å². The molecule has 0 bridgehead atoms. The average Bonchev–Trinajstić information content (AvgIpc) is 2.35. The molecule has 0 aliphatic heterocycles. The molecular formula is C15H23NO. The van der Waals surface area contributed by atoms with Crippen molar-refractivity contribution < 1.29 is 4.74 Å². The lowest BCUT2D eigenvalue weighted by atomic mass is 9.86. The Labute approximate surface area is 104 Å². The van der Waals surface area contributed by atoms with Gasteiger partial charge in [-0.25, -0.2) is 0 Å². The zero-order chi connectivity index (χ0) is 12.1. The summed E-state index contributed by atoms with van der Waals surface area (Å²) in [4.78, 5) is 0. The molecule has 2 heteroatoms. The SMILES string of the molecule is CCOc1ccccc1NC1CCCCC1C. The molecule has 1 N–H and O–H groups in total. The molecule has 1 aliphatic carbocycles. The van der Waals surface area contributed by atoms with Gasteiger partial charge in [0, 0.05) is 6.04 Å². The molecule has 1 aromatic carbocycles. The third-order valence-electron chi connectivity index (χ3n) is 3.64. The van der Waals surface area contributed by atoms with E-state index in [9.17, 15) is 0 Å². The van der Waals surface area contributed by atoms with Crippen LogP contribution in [0.4, 0.5) is 5.69 Å². The van der Waals surface area contributed by atoms with Gasteiger partial charge in [0.25, 0.3) is 0 Å². The van der Waals surface area contributed by atoms with Crippen molar-refractivity contribution in [1.29, 1.82) is 0 Å². The van der Waals surface area contributed by atoms with E-state index in [0.717, 1.165) is 24.0 Å². The number of para-hydroxylation sites is 2. The third kappa shape index (κ3) is 3.15. The molecule has 0 saturated heterocycles. The number of rotatable bonds is 4. The minimum Gasteiger partial charge on any atom is -0.492 e. The molecule has 0 amide bonds. The molecule has 0 spiro atoms. The maximum Gasteiger partial charge on any atom is 0.142 e. The summed E-state index contributed by atoms with van der Waals surface area (Å²) < 4.78 is 5.65. The van der Waals surface area contributed by atoms with E-state index in [2.05, 4.69) is 24.4 Å². The van der Waals surface area contributed by atoms with E-state index >= 15 is 0 Å². The van der Waals surface area contributed by atoms with Crippen molar-refractivity contribution in [3.05, 3.63) is 24.3 Å². The van der Waals surface area contributed by atoms with Gasteiger partial charge in [0.1, 0.15) is 5.75 Å². The molecule has 0 aromatic heterocycles. The van der Waals surface area contributed by atoms with Gasteiger partial charge in [-0.2, -0.15) is 0 Å². The van der Waals surface area contributed by atoms with Crippen LogP contribution in [0.2, 0.25) is 0 Å². The number of nitrogens with one attached hydrogen (secondary N) is 1. The lowest BCUT2D eigenvalue weighted by molar-refractivity contribution is 0.333. The van der Waals surface area contributed by atoms with E-state index in [4.69, 9.17) is 4.74 Å². The minimum atomic E-state index is 0.602. The van der Waals surface area contributed by atoms with Crippen LogP contribution in [0.15, 0.2) is 24.3 Å². The van der Waals surface area contributed by atoms with Crippen molar-refractivity contribution in [1.82, 2.24) is 0 Å². The molecule has 17 heavy (non-hydrogen) atoms. The molecule has 2 unspecified atom stereocenters. The van der Waals surface area contributed by atoms with Crippen LogP contribution in [0.1, 0.15) is 39.5 Å². The summed E-state index contributed by atoms with van der Waals surface area (Å²) in [5, 5.41) is 3.66. The minimum absolute atomic E-state index is 0.602. The van der Waals surface area contributed by atoms with Crippen molar-refractivity contribution in [3.8, 4) is 5.75 Å². The lowest BCUT2D eigenvalue weighted by Gasteiger charge is -2.30. The molecular weight excluding hydrogens is 210 g/mol. The summed E-state index contributed by atoms with van der Waals surface area (Å²) >= 11 is 0. The molecule has 2 atom stereocenters. The van der Waals surface area contributed by atoms with Gasteiger partial charge in [0.05, 0.1) is 12.3 Å². The van der Waals surface area contributed by atoms with Crippen LogP contribution in [-0.2, 0) is 0 Å². The molecule has 2 rings (SSSR count). The first kappa shape index (κ1) is 12.3. The van der Waals surface area contributed by atoms with Crippen LogP contribution in [-0.4, -0.2) is 12.6 Å². The highest BCUT2D eigenvalue weighted by Crippen LogP contribution is 2.30. The number of anilines is 1. The third-order valence-corrected chi connectivity index (χ3v) is 3.64. The molecule has 94 valence electrons. The summed E-state index contributed by atoms with van der Waals surface area (Å²) in [5.74, 6) is 1.74. The maximum atomic E-state index is 5.65. The van der Waals surface area contributed by atoms with E-state index in [1.54, 1.807) is 0 Å². The van der Waals surface area contributed by atoms with Crippen molar-refractivity contribution in [2.45, 2.75) is 45.6 Å². The Hall–Kier alpha value is -1.18. The topological polar surface area (TPSA) is 21.3 Å². The Morgan fingerprint density at radius 1 is 1.24 bits per heavy atom. The quantitative estimate of drug-likeness (QED) is 0.846. The normalized spacial score (nSPS) is 24.4. The fourth-order valence-corrected chi connectivity index (χ4v) is 2.60. The highest BCUT2D eigenvalue weighted by atomic mass is 16.5. The molecule has 0 heterocycles. The van der Waals surface area contributed by atoms with Crippen LogP contribution < -0.4 is 10.1 Å². The Morgan fingerprint density at radius 3 is 2.76 bits per heavy atom. The molecule has 1 fully saturated rings. The van der Waals surface area contributed by atoms with Crippen LogP contribution in [0.3, 0.4) is 0 Å². The fourth-order valence-electron chi connectivity index (χ4n) is 2.60. The smallest absolute Gasteiger partial charge is 0.142 e. The molecule has 1 aliphatic rings. The van der Waals surface area contributed by atoms with Gasteiger partial charge in [-0.15, -0.1) is 0 Å². The monoisotopic (exact) mass is 233 g/mol. The number of hydrogen-bond donors (Lipinski definition) is 1. The second-order valence-corrected chi connectivity index (χ2v) is 4.94. The van der Waals surface area contributed by atoms with E-state index in [-0.39, 0.29) is 0 Å². The first-order valence-corrected chi connectivity index (χ1v) is 6.79. The highest BCUT2D eigenvalue weighted by Gasteiger charge is 2.21. The van der Waals surface area contributed by atoms with E-state index in [1.165, 1.54) is 25.7 Å². The maximum absolute atomic E-state index is 5.65. The van der Waals surface area contributed by atoms with Gasteiger partial charge < -0.3 is 10.1 Å². The van der Waals surface area contributed by atoms with Crippen molar-refractivity contribution in [2.24, 2.45) is 5.92 Å². The Morgan fingerprint density at radius 2 is 2.00 bits per heavy atom. The lowest BCUT2D eigenvalue weighted by Crippen LogP contribution is -2.30. The second-order valence-electron chi connectivity index (χ2n) is 4.94. The standard InChI is InChI=1S/C15H23NO/c1-3-17-15-11-7-6-10-14(15)16-13-9-5-4-8-12(13)2/h6-7,10-13,16H,3-5,8-9H2,1-2H3. The molecule has 1 saturated carbocycles. The van der Waals surface area contributed by atoms with Gasteiger partial charge in [-0.1, -0.05) is 31.9 Å². The number of ether oxygens (including phenoxy) is 1. The average molecular weight is 233 g/mol. The van der Waals surface area contributed by atoms with Crippen molar-refractivity contribution in [2.75, 3.05) is 11.9 Å².